The Morgan fingerprint density at radius 1 is 1.33 bits per heavy atom. The number of carbonyl (C=O) groups excluding carboxylic acids is 1. The van der Waals surface area contributed by atoms with Crippen LogP contribution in [-0.2, 0) is 22.7 Å². The van der Waals surface area contributed by atoms with Gasteiger partial charge in [0.05, 0.1) is 6.54 Å². The van der Waals surface area contributed by atoms with Crippen molar-refractivity contribution in [1.82, 2.24) is 14.9 Å². The maximum absolute atomic E-state index is 11.9. The largest absolute Gasteiger partial charge is 0.480 e. The number of aliphatic carboxylic acids is 1. The lowest BCUT2D eigenvalue weighted by molar-refractivity contribution is -0.139. The van der Waals surface area contributed by atoms with Crippen molar-refractivity contribution in [3.8, 4) is 0 Å². The van der Waals surface area contributed by atoms with Crippen LogP contribution in [0, 0.1) is 6.92 Å². The molecule has 0 aliphatic rings. The minimum atomic E-state index is -1.16. The maximum atomic E-state index is 11.9. The molecule has 0 spiro atoms. The molecule has 1 atom stereocenters. The number of nitrogens with one attached hydrogen (secondary N) is 1. The fourth-order valence-corrected chi connectivity index (χ4v) is 2.95. The number of hydrogen-bond donors (Lipinski definition) is 2. The standard InChI is InChI=1S/C15H15Br2N3O4/c1-9-18-12(16)13(17)20(9)7-11(14(21)22)19-15(23)24-8-10-5-3-2-4-6-10/h2-6,11H,7-8H2,1H3,(H,19,23)(H,21,22). The van der Waals surface area contributed by atoms with Gasteiger partial charge in [-0.2, -0.15) is 0 Å². The van der Waals surface area contributed by atoms with E-state index in [0.717, 1.165) is 5.56 Å². The van der Waals surface area contributed by atoms with Crippen molar-refractivity contribution >= 4 is 43.9 Å². The monoisotopic (exact) mass is 459 g/mol. The second kappa shape index (κ2) is 8.29. The first kappa shape index (κ1) is 18.5. The molecule has 0 aliphatic carbocycles. The number of hydrogen-bond acceptors (Lipinski definition) is 4. The molecule has 1 heterocycles. The van der Waals surface area contributed by atoms with Crippen molar-refractivity contribution in [2.75, 3.05) is 0 Å². The van der Waals surface area contributed by atoms with Gasteiger partial charge >= 0.3 is 12.1 Å². The third kappa shape index (κ3) is 4.81. The molecule has 9 heteroatoms. The highest BCUT2D eigenvalue weighted by Gasteiger charge is 2.24. The normalized spacial score (nSPS) is 11.8. The summed E-state index contributed by atoms with van der Waals surface area (Å²) in [6, 6.07) is 7.98. The Labute approximate surface area is 155 Å². The molecule has 2 N–H and O–H groups in total. The van der Waals surface area contributed by atoms with Gasteiger partial charge in [0, 0.05) is 0 Å². The Hall–Kier alpha value is -1.87. The van der Waals surface area contributed by atoms with Crippen LogP contribution >= 0.6 is 31.9 Å². The second-order valence-electron chi connectivity index (χ2n) is 4.95. The van der Waals surface area contributed by atoms with E-state index in [1.807, 2.05) is 30.3 Å². The molecule has 0 aliphatic heterocycles. The van der Waals surface area contributed by atoms with E-state index in [0.29, 0.717) is 15.0 Å². The summed E-state index contributed by atoms with van der Waals surface area (Å²) in [4.78, 5) is 27.4. The lowest BCUT2D eigenvalue weighted by atomic mass is 10.2. The molecule has 1 unspecified atom stereocenters. The van der Waals surface area contributed by atoms with Crippen LogP contribution in [0.25, 0.3) is 0 Å². The Balaban J connectivity index is 1.98. The van der Waals surface area contributed by atoms with Crippen molar-refractivity contribution in [3.63, 3.8) is 0 Å². The quantitative estimate of drug-likeness (QED) is 0.690. The van der Waals surface area contributed by atoms with Gasteiger partial charge in [-0.25, -0.2) is 14.6 Å². The van der Waals surface area contributed by atoms with Gasteiger partial charge in [-0.1, -0.05) is 30.3 Å². The fourth-order valence-electron chi connectivity index (χ4n) is 1.99. The predicted molar refractivity (Wildman–Crippen MR) is 93.6 cm³/mol. The third-order valence-corrected chi connectivity index (χ3v) is 5.11. The average Bonchev–Trinajstić information content (AvgIpc) is 2.79. The van der Waals surface area contributed by atoms with E-state index in [4.69, 9.17) is 4.74 Å². The van der Waals surface area contributed by atoms with Crippen molar-refractivity contribution in [2.24, 2.45) is 0 Å². The molecular formula is C15H15Br2N3O4. The number of nitrogens with zero attached hydrogens (tertiary/aromatic N) is 2. The number of carboxylic acids is 1. The van der Waals surface area contributed by atoms with Crippen LogP contribution in [0.4, 0.5) is 4.79 Å². The van der Waals surface area contributed by atoms with E-state index in [-0.39, 0.29) is 13.2 Å². The van der Waals surface area contributed by atoms with Gasteiger partial charge < -0.3 is 19.7 Å². The Morgan fingerprint density at radius 3 is 2.54 bits per heavy atom. The first-order valence-corrected chi connectivity index (χ1v) is 8.55. The molecule has 1 amide bonds. The summed E-state index contributed by atoms with van der Waals surface area (Å²) in [6.45, 7) is 1.82. The molecule has 1 aromatic heterocycles. The zero-order valence-corrected chi connectivity index (χ0v) is 15.9. The summed E-state index contributed by atoms with van der Waals surface area (Å²) in [5.74, 6) is -0.553. The molecule has 2 aromatic rings. The average molecular weight is 461 g/mol. The van der Waals surface area contributed by atoms with Gasteiger partial charge in [-0.3, -0.25) is 0 Å². The number of carboxylic acid groups (broad SMARTS) is 1. The van der Waals surface area contributed by atoms with E-state index in [1.54, 1.807) is 11.5 Å². The van der Waals surface area contributed by atoms with Crippen LogP contribution in [-0.4, -0.2) is 32.8 Å². The zero-order valence-electron chi connectivity index (χ0n) is 12.7. The van der Waals surface area contributed by atoms with Gasteiger partial charge in [0.1, 0.15) is 27.7 Å². The molecular weight excluding hydrogens is 446 g/mol. The fraction of sp³-hybridized carbons (Fsp3) is 0.267. The maximum Gasteiger partial charge on any atom is 0.408 e. The summed E-state index contributed by atoms with van der Waals surface area (Å²) >= 11 is 6.58. The number of aromatic nitrogens is 2. The topological polar surface area (TPSA) is 93.5 Å². The number of alkyl carbamates (subject to hydrolysis) is 1. The molecule has 24 heavy (non-hydrogen) atoms. The first-order chi connectivity index (χ1) is 11.4. The van der Waals surface area contributed by atoms with Crippen molar-refractivity contribution < 1.29 is 19.4 Å². The summed E-state index contributed by atoms with van der Waals surface area (Å²) in [5.41, 5.74) is 0.816. The highest BCUT2D eigenvalue weighted by Crippen LogP contribution is 2.23. The minimum absolute atomic E-state index is 0.0147. The number of rotatable bonds is 6. The first-order valence-electron chi connectivity index (χ1n) is 6.96. The van der Waals surface area contributed by atoms with Crippen LogP contribution in [0.15, 0.2) is 39.5 Å². The Bertz CT molecular complexity index is 734. The van der Waals surface area contributed by atoms with Gasteiger partial charge in [-0.15, -0.1) is 0 Å². The molecule has 1 aromatic carbocycles. The number of halogens is 2. The third-order valence-electron chi connectivity index (χ3n) is 3.23. The van der Waals surface area contributed by atoms with E-state index in [2.05, 4.69) is 42.2 Å². The summed E-state index contributed by atoms with van der Waals surface area (Å²) in [7, 11) is 0. The molecule has 0 radical (unpaired) electrons. The summed E-state index contributed by atoms with van der Waals surface area (Å²) < 4.78 is 7.86. The van der Waals surface area contributed by atoms with Crippen LogP contribution in [0.5, 0.6) is 0 Å². The number of amides is 1. The minimum Gasteiger partial charge on any atom is -0.480 e. The SMILES string of the molecule is Cc1nc(Br)c(Br)n1CC(NC(=O)OCc1ccccc1)C(=O)O. The number of benzene rings is 1. The second-order valence-corrected chi connectivity index (χ2v) is 6.45. The molecule has 0 bridgehead atoms. The Morgan fingerprint density at radius 2 is 2.00 bits per heavy atom. The van der Waals surface area contributed by atoms with E-state index < -0.39 is 18.1 Å². The van der Waals surface area contributed by atoms with Crippen LogP contribution in [0.2, 0.25) is 0 Å². The molecule has 0 saturated heterocycles. The zero-order chi connectivity index (χ0) is 17.7. The highest BCUT2D eigenvalue weighted by atomic mass is 79.9. The predicted octanol–water partition coefficient (Wildman–Crippen LogP) is 3.10. The Kier molecular flexibility index (Phi) is 6.38. The van der Waals surface area contributed by atoms with E-state index in [9.17, 15) is 14.7 Å². The smallest absolute Gasteiger partial charge is 0.408 e. The summed E-state index contributed by atoms with van der Waals surface area (Å²) in [5, 5.41) is 11.7. The van der Waals surface area contributed by atoms with Crippen molar-refractivity contribution in [2.45, 2.75) is 26.1 Å². The molecule has 0 saturated carbocycles. The summed E-state index contributed by atoms with van der Waals surface area (Å²) in [6.07, 6.45) is -0.792. The van der Waals surface area contributed by atoms with Gasteiger partial charge in [-0.05, 0) is 44.3 Å². The number of imidazole rings is 1. The van der Waals surface area contributed by atoms with Gasteiger partial charge in [0.2, 0.25) is 0 Å². The highest BCUT2D eigenvalue weighted by molar-refractivity contribution is 9.13. The van der Waals surface area contributed by atoms with Crippen LogP contribution < -0.4 is 5.32 Å². The van der Waals surface area contributed by atoms with E-state index >= 15 is 0 Å². The lowest BCUT2D eigenvalue weighted by Gasteiger charge is -2.16. The van der Waals surface area contributed by atoms with Crippen LogP contribution in [0.1, 0.15) is 11.4 Å². The number of aryl methyl sites for hydroxylation is 1. The van der Waals surface area contributed by atoms with Gasteiger partial charge in [0.25, 0.3) is 0 Å². The lowest BCUT2D eigenvalue weighted by Crippen LogP contribution is -2.44. The van der Waals surface area contributed by atoms with Crippen molar-refractivity contribution in [3.05, 3.63) is 50.9 Å². The van der Waals surface area contributed by atoms with E-state index in [1.165, 1.54) is 0 Å². The molecule has 128 valence electrons. The molecule has 7 nitrogen and oxygen atoms in total. The molecule has 2 rings (SSSR count). The number of ether oxygens (including phenoxy) is 1. The van der Waals surface area contributed by atoms with Crippen LogP contribution in [0.3, 0.4) is 0 Å². The molecule has 0 fully saturated rings. The number of carbonyl (C=O) groups is 2. The van der Waals surface area contributed by atoms with Gasteiger partial charge in [0.15, 0.2) is 0 Å². The van der Waals surface area contributed by atoms with Crippen molar-refractivity contribution in [1.29, 1.82) is 0 Å².